The van der Waals surface area contributed by atoms with Crippen molar-refractivity contribution in [3.8, 4) is 5.75 Å². The van der Waals surface area contributed by atoms with E-state index >= 15 is 0 Å². The number of piperazine rings is 1. The van der Waals surface area contributed by atoms with Gasteiger partial charge in [-0.1, -0.05) is 41.9 Å². The molecular weight excluding hydrogens is 426 g/mol. The van der Waals surface area contributed by atoms with E-state index in [4.69, 9.17) is 16.3 Å². The normalized spacial score (nSPS) is 19.9. The molecule has 9 heteroatoms. The van der Waals surface area contributed by atoms with Crippen molar-refractivity contribution < 1.29 is 17.9 Å². The molecule has 0 aromatic heterocycles. The fourth-order valence-corrected chi connectivity index (χ4v) is 4.91. The zero-order chi connectivity index (χ0) is 21.3. The van der Waals surface area contributed by atoms with Gasteiger partial charge in [-0.15, -0.1) is 0 Å². The second-order valence-electron chi connectivity index (χ2n) is 7.60. The maximum absolute atomic E-state index is 13.1. The van der Waals surface area contributed by atoms with Crippen molar-refractivity contribution in [1.29, 1.82) is 0 Å². The number of sulfonamides is 1. The molecule has 160 valence electrons. The number of halogens is 1. The number of amides is 1. The average Bonchev–Trinajstić information content (AvgIpc) is 2.73. The van der Waals surface area contributed by atoms with Gasteiger partial charge in [-0.25, -0.2) is 8.42 Å². The summed E-state index contributed by atoms with van der Waals surface area (Å²) >= 11 is 6.03. The molecule has 0 spiro atoms. The van der Waals surface area contributed by atoms with Crippen LogP contribution in [0.1, 0.15) is 5.56 Å². The second kappa shape index (κ2) is 8.45. The van der Waals surface area contributed by atoms with Crippen LogP contribution in [-0.2, 0) is 21.4 Å². The lowest BCUT2D eigenvalue weighted by atomic mass is 10.1. The van der Waals surface area contributed by atoms with Crippen molar-refractivity contribution in [1.82, 2.24) is 9.80 Å². The van der Waals surface area contributed by atoms with Crippen LogP contribution in [0.2, 0.25) is 5.02 Å². The largest absolute Gasteiger partial charge is 0.476 e. The number of hydrogen-bond donors (Lipinski definition) is 0. The Labute approximate surface area is 181 Å². The minimum absolute atomic E-state index is 0.0603. The van der Waals surface area contributed by atoms with E-state index in [0.717, 1.165) is 25.9 Å². The molecule has 0 N–H and O–H groups in total. The SMILES string of the molecule is CS(=O)(=O)N1C[C@H](C(=O)N2CCN(Cc3ccccc3)CC2)Oc2ccc(Cl)cc21. The molecule has 0 bridgehead atoms. The summed E-state index contributed by atoms with van der Waals surface area (Å²) in [6.45, 7) is 3.47. The Kier molecular flexibility index (Phi) is 5.90. The summed E-state index contributed by atoms with van der Waals surface area (Å²) < 4.78 is 31.7. The molecule has 4 rings (SSSR count). The molecule has 0 saturated carbocycles. The molecular formula is C21H24ClN3O4S. The summed E-state index contributed by atoms with van der Waals surface area (Å²) in [6.07, 6.45) is 0.237. The van der Waals surface area contributed by atoms with E-state index in [9.17, 15) is 13.2 Å². The fourth-order valence-electron chi connectivity index (χ4n) is 3.84. The molecule has 2 aliphatic rings. The number of hydrogen-bond acceptors (Lipinski definition) is 5. The minimum Gasteiger partial charge on any atom is -0.476 e. The van der Waals surface area contributed by atoms with Crippen molar-refractivity contribution in [2.24, 2.45) is 0 Å². The van der Waals surface area contributed by atoms with Gasteiger partial charge in [0.1, 0.15) is 5.75 Å². The van der Waals surface area contributed by atoms with Crippen LogP contribution in [0.5, 0.6) is 5.75 Å². The molecule has 7 nitrogen and oxygen atoms in total. The van der Waals surface area contributed by atoms with E-state index in [1.54, 1.807) is 23.1 Å². The quantitative estimate of drug-likeness (QED) is 0.715. The standard InChI is InChI=1S/C21H24ClN3O4S/c1-30(27,28)25-15-20(29-19-8-7-17(22)13-18(19)25)21(26)24-11-9-23(10-12-24)14-16-5-3-2-4-6-16/h2-8,13,20H,9-12,14-15H2,1H3/t20-/m1/s1. The van der Waals surface area contributed by atoms with Crippen LogP contribution in [0.3, 0.4) is 0 Å². The van der Waals surface area contributed by atoms with E-state index in [1.165, 1.54) is 9.87 Å². The van der Waals surface area contributed by atoms with Gasteiger partial charge in [-0.05, 0) is 23.8 Å². The third kappa shape index (κ3) is 4.55. The van der Waals surface area contributed by atoms with Crippen molar-refractivity contribution >= 4 is 33.2 Å². The van der Waals surface area contributed by atoms with Crippen LogP contribution in [0, 0.1) is 0 Å². The van der Waals surface area contributed by atoms with Gasteiger partial charge in [0, 0.05) is 37.7 Å². The molecule has 30 heavy (non-hydrogen) atoms. The van der Waals surface area contributed by atoms with E-state index in [1.807, 2.05) is 18.2 Å². The Bertz CT molecular complexity index is 1020. The molecule has 1 atom stereocenters. The Morgan fingerprint density at radius 2 is 1.80 bits per heavy atom. The molecule has 2 heterocycles. The second-order valence-corrected chi connectivity index (χ2v) is 9.94. The molecule has 1 amide bonds. The van der Waals surface area contributed by atoms with E-state index in [0.29, 0.717) is 29.5 Å². The van der Waals surface area contributed by atoms with Gasteiger partial charge in [0.25, 0.3) is 5.91 Å². The lowest BCUT2D eigenvalue weighted by molar-refractivity contribution is -0.140. The van der Waals surface area contributed by atoms with E-state index < -0.39 is 16.1 Å². The molecule has 0 unspecified atom stereocenters. The van der Waals surface area contributed by atoms with E-state index in [-0.39, 0.29) is 12.5 Å². The smallest absolute Gasteiger partial charge is 0.265 e. The number of fused-ring (bicyclic) bond motifs is 1. The maximum atomic E-state index is 13.1. The third-order valence-corrected chi connectivity index (χ3v) is 6.78. The first-order chi connectivity index (χ1) is 14.3. The van der Waals surface area contributed by atoms with Gasteiger partial charge in [0.2, 0.25) is 10.0 Å². The summed E-state index contributed by atoms with van der Waals surface area (Å²) in [5.41, 5.74) is 1.61. The Morgan fingerprint density at radius 3 is 2.47 bits per heavy atom. The summed E-state index contributed by atoms with van der Waals surface area (Å²) in [5, 5.41) is 0.408. The number of benzene rings is 2. The number of anilines is 1. The number of carbonyl (C=O) groups is 1. The van der Waals surface area contributed by atoms with Crippen LogP contribution in [0.15, 0.2) is 48.5 Å². The van der Waals surface area contributed by atoms with Crippen LogP contribution in [-0.4, -0.2) is 69.2 Å². The van der Waals surface area contributed by atoms with Gasteiger partial charge in [0.05, 0.1) is 18.5 Å². The van der Waals surface area contributed by atoms with Crippen molar-refractivity contribution in [3.05, 3.63) is 59.1 Å². The summed E-state index contributed by atoms with van der Waals surface area (Å²) in [5.74, 6) is 0.153. The van der Waals surface area contributed by atoms with Crippen molar-refractivity contribution in [2.45, 2.75) is 12.6 Å². The van der Waals surface area contributed by atoms with Gasteiger partial charge in [0.15, 0.2) is 6.10 Å². The van der Waals surface area contributed by atoms with Crippen molar-refractivity contribution in [2.75, 3.05) is 43.3 Å². The monoisotopic (exact) mass is 449 g/mol. The number of ether oxygens (including phenoxy) is 1. The maximum Gasteiger partial charge on any atom is 0.265 e. The molecule has 2 aromatic carbocycles. The molecule has 2 aromatic rings. The number of rotatable bonds is 4. The highest BCUT2D eigenvalue weighted by molar-refractivity contribution is 7.92. The highest BCUT2D eigenvalue weighted by Crippen LogP contribution is 2.37. The topological polar surface area (TPSA) is 70.2 Å². The van der Waals surface area contributed by atoms with Crippen LogP contribution >= 0.6 is 11.6 Å². The molecule has 1 fully saturated rings. The van der Waals surface area contributed by atoms with Gasteiger partial charge < -0.3 is 9.64 Å². The number of carbonyl (C=O) groups excluding carboxylic acids is 1. The van der Waals surface area contributed by atoms with Gasteiger partial charge in [-0.2, -0.15) is 0 Å². The van der Waals surface area contributed by atoms with Crippen LogP contribution < -0.4 is 9.04 Å². The number of nitrogens with zero attached hydrogens (tertiary/aromatic N) is 3. The molecule has 1 saturated heterocycles. The predicted molar refractivity (Wildman–Crippen MR) is 116 cm³/mol. The highest BCUT2D eigenvalue weighted by Gasteiger charge is 2.37. The lowest BCUT2D eigenvalue weighted by Crippen LogP contribution is -2.56. The van der Waals surface area contributed by atoms with Crippen LogP contribution in [0.25, 0.3) is 0 Å². The summed E-state index contributed by atoms with van der Waals surface area (Å²) in [4.78, 5) is 17.2. The zero-order valence-corrected chi connectivity index (χ0v) is 18.3. The Morgan fingerprint density at radius 1 is 1.10 bits per heavy atom. The molecule has 0 radical (unpaired) electrons. The fraction of sp³-hybridized carbons (Fsp3) is 0.381. The third-order valence-electron chi connectivity index (χ3n) is 5.40. The first-order valence-electron chi connectivity index (χ1n) is 9.80. The zero-order valence-electron chi connectivity index (χ0n) is 16.7. The Balaban J connectivity index is 1.43. The Hall–Kier alpha value is -2.29. The van der Waals surface area contributed by atoms with Gasteiger partial charge >= 0.3 is 0 Å². The minimum atomic E-state index is -3.58. The first-order valence-corrected chi connectivity index (χ1v) is 12.0. The first kappa shape index (κ1) is 21.0. The molecule has 2 aliphatic heterocycles. The van der Waals surface area contributed by atoms with E-state index in [2.05, 4.69) is 17.0 Å². The van der Waals surface area contributed by atoms with Gasteiger partial charge in [-0.3, -0.25) is 14.0 Å². The van der Waals surface area contributed by atoms with Crippen molar-refractivity contribution in [3.63, 3.8) is 0 Å². The molecule has 0 aliphatic carbocycles. The average molecular weight is 450 g/mol. The highest BCUT2D eigenvalue weighted by atomic mass is 35.5. The lowest BCUT2D eigenvalue weighted by Gasteiger charge is -2.39. The predicted octanol–water partition coefficient (Wildman–Crippen LogP) is 2.21. The van der Waals surface area contributed by atoms with Crippen LogP contribution in [0.4, 0.5) is 5.69 Å². The summed E-state index contributed by atoms with van der Waals surface area (Å²) in [6, 6.07) is 15.0. The summed E-state index contributed by atoms with van der Waals surface area (Å²) in [7, 11) is -3.58.